The quantitative estimate of drug-likeness (QED) is 0.825. The number of nitrogens with one attached hydrogen (secondary N) is 1. The number of anilines is 1. The Balaban J connectivity index is 1.71. The first kappa shape index (κ1) is 17.4. The Kier molecular flexibility index (Phi) is 5.67. The summed E-state index contributed by atoms with van der Waals surface area (Å²) < 4.78 is 5.14. The molecule has 25 heavy (non-hydrogen) atoms. The van der Waals surface area contributed by atoms with Gasteiger partial charge in [-0.05, 0) is 24.6 Å². The van der Waals surface area contributed by atoms with Gasteiger partial charge in [-0.3, -0.25) is 9.69 Å². The van der Waals surface area contributed by atoms with Gasteiger partial charge in [0.25, 0.3) is 5.91 Å². The normalized spacial score (nSPS) is 18.3. The fourth-order valence-corrected chi connectivity index (χ4v) is 3.27. The van der Waals surface area contributed by atoms with Crippen LogP contribution in [0.4, 0.5) is 5.82 Å². The number of rotatable bonds is 6. The van der Waals surface area contributed by atoms with Crippen molar-refractivity contribution in [2.45, 2.75) is 19.0 Å². The first-order valence-corrected chi connectivity index (χ1v) is 8.51. The third-order valence-corrected chi connectivity index (χ3v) is 4.59. The van der Waals surface area contributed by atoms with Crippen molar-refractivity contribution in [2.75, 3.05) is 38.6 Å². The van der Waals surface area contributed by atoms with Gasteiger partial charge in [-0.15, -0.1) is 0 Å². The summed E-state index contributed by atoms with van der Waals surface area (Å²) in [5.74, 6) is 0.565. The predicted molar refractivity (Wildman–Crippen MR) is 94.3 cm³/mol. The van der Waals surface area contributed by atoms with Crippen LogP contribution in [-0.2, 0) is 6.54 Å². The molecule has 1 saturated heterocycles. The fraction of sp³-hybridized carbons (Fsp3) is 0.444. The average molecular weight is 344 g/mol. The molecule has 0 aliphatic carbocycles. The van der Waals surface area contributed by atoms with Crippen molar-refractivity contribution in [1.82, 2.24) is 14.8 Å². The van der Waals surface area contributed by atoms with E-state index in [-0.39, 0.29) is 18.6 Å². The topological polar surface area (TPSA) is 81.8 Å². The highest BCUT2D eigenvalue weighted by molar-refractivity contribution is 5.98. The smallest absolute Gasteiger partial charge is 0.257 e. The lowest BCUT2D eigenvalue weighted by Crippen LogP contribution is -2.54. The van der Waals surface area contributed by atoms with E-state index in [0.717, 1.165) is 18.7 Å². The van der Waals surface area contributed by atoms with Gasteiger partial charge in [0, 0.05) is 57.6 Å². The van der Waals surface area contributed by atoms with Crippen molar-refractivity contribution in [2.24, 2.45) is 0 Å². The number of nitrogens with zero attached hydrogens (tertiary/aromatic N) is 3. The van der Waals surface area contributed by atoms with Crippen LogP contribution in [0.15, 0.2) is 41.3 Å². The lowest BCUT2D eigenvalue weighted by atomic mass is 10.1. The molecule has 1 amide bonds. The summed E-state index contributed by atoms with van der Waals surface area (Å²) >= 11 is 0. The Hall–Kier alpha value is -2.38. The van der Waals surface area contributed by atoms with E-state index in [1.807, 2.05) is 11.0 Å². The number of furan rings is 1. The summed E-state index contributed by atoms with van der Waals surface area (Å²) in [4.78, 5) is 21.3. The van der Waals surface area contributed by atoms with Gasteiger partial charge >= 0.3 is 0 Å². The maximum atomic E-state index is 12.9. The van der Waals surface area contributed by atoms with E-state index in [0.29, 0.717) is 30.9 Å². The molecule has 2 aromatic rings. The summed E-state index contributed by atoms with van der Waals surface area (Å²) in [6.45, 7) is 2.86. The number of amides is 1. The van der Waals surface area contributed by atoms with Gasteiger partial charge in [0.15, 0.2) is 0 Å². The number of hydrogen-bond donors (Lipinski definition) is 2. The lowest BCUT2D eigenvalue weighted by molar-refractivity contribution is 0.0395. The molecule has 0 aromatic carbocycles. The van der Waals surface area contributed by atoms with Gasteiger partial charge in [0.1, 0.15) is 5.82 Å². The van der Waals surface area contributed by atoms with E-state index in [1.165, 1.54) is 0 Å². The molecule has 2 N–H and O–H groups in total. The van der Waals surface area contributed by atoms with E-state index in [2.05, 4.69) is 15.2 Å². The predicted octanol–water partition coefficient (Wildman–Crippen LogP) is 1.43. The maximum absolute atomic E-state index is 12.9. The molecule has 0 bridgehead atoms. The van der Waals surface area contributed by atoms with Gasteiger partial charge in [-0.25, -0.2) is 4.98 Å². The molecule has 1 unspecified atom stereocenters. The summed E-state index contributed by atoms with van der Waals surface area (Å²) in [6.07, 6.45) is 5.70. The summed E-state index contributed by atoms with van der Waals surface area (Å²) in [6, 6.07) is 5.63. The molecule has 0 saturated carbocycles. The van der Waals surface area contributed by atoms with Crippen LogP contribution in [0.1, 0.15) is 22.3 Å². The fourth-order valence-electron chi connectivity index (χ4n) is 3.27. The van der Waals surface area contributed by atoms with Crippen molar-refractivity contribution in [3.8, 4) is 0 Å². The molecule has 1 fully saturated rings. The molecule has 7 nitrogen and oxygen atoms in total. The second kappa shape index (κ2) is 8.13. The second-order valence-corrected chi connectivity index (χ2v) is 6.17. The molecule has 7 heteroatoms. The van der Waals surface area contributed by atoms with E-state index in [1.54, 1.807) is 37.9 Å². The van der Waals surface area contributed by atoms with Crippen LogP contribution in [0.5, 0.6) is 0 Å². The minimum atomic E-state index is -0.0247. The number of aliphatic hydroxyl groups excluding tert-OH is 1. The van der Waals surface area contributed by atoms with Gasteiger partial charge in [-0.2, -0.15) is 0 Å². The molecule has 1 aliphatic rings. The number of hydrogen-bond acceptors (Lipinski definition) is 6. The zero-order valence-electron chi connectivity index (χ0n) is 14.4. The number of carbonyl (C=O) groups excluding carboxylic acids is 1. The number of pyridine rings is 1. The summed E-state index contributed by atoms with van der Waals surface area (Å²) in [5, 5.41) is 12.4. The first-order chi connectivity index (χ1) is 12.2. The maximum Gasteiger partial charge on any atom is 0.257 e. The van der Waals surface area contributed by atoms with Crippen molar-refractivity contribution in [3.05, 3.63) is 48.0 Å². The summed E-state index contributed by atoms with van der Waals surface area (Å²) in [5.41, 5.74) is 1.68. The molecular weight excluding hydrogens is 320 g/mol. The number of piperazine rings is 1. The van der Waals surface area contributed by atoms with Crippen LogP contribution in [0.2, 0.25) is 0 Å². The minimum absolute atomic E-state index is 0.0247. The third-order valence-electron chi connectivity index (χ3n) is 4.59. The highest BCUT2D eigenvalue weighted by atomic mass is 16.3. The standard InChI is InChI=1S/C18H24N4O3/c1-19-17-16(3-2-6-20-17)18(24)22-8-7-21(15(12-22)4-9-23)11-14-5-10-25-13-14/h2-3,5-6,10,13,15,23H,4,7-9,11-12H2,1H3,(H,19,20). The Labute approximate surface area is 147 Å². The molecule has 1 aliphatic heterocycles. The first-order valence-electron chi connectivity index (χ1n) is 8.51. The van der Waals surface area contributed by atoms with Gasteiger partial charge < -0.3 is 19.7 Å². The monoisotopic (exact) mass is 344 g/mol. The largest absolute Gasteiger partial charge is 0.472 e. The Morgan fingerprint density at radius 1 is 1.44 bits per heavy atom. The Morgan fingerprint density at radius 2 is 2.32 bits per heavy atom. The Morgan fingerprint density at radius 3 is 3.04 bits per heavy atom. The van der Waals surface area contributed by atoms with Crippen LogP contribution < -0.4 is 5.32 Å². The van der Waals surface area contributed by atoms with Crippen molar-refractivity contribution in [1.29, 1.82) is 0 Å². The second-order valence-electron chi connectivity index (χ2n) is 6.17. The Bertz CT molecular complexity index is 689. The average Bonchev–Trinajstić information content (AvgIpc) is 3.16. The number of aliphatic hydroxyl groups is 1. The SMILES string of the molecule is CNc1ncccc1C(=O)N1CCN(Cc2ccoc2)C(CCO)C1. The highest BCUT2D eigenvalue weighted by Gasteiger charge is 2.30. The zero-order valence-corrected chi connectivity index (χ0v) is 14.4. The molecule has 0 spiro atoms. The highest BCUT2D eigenvalue weighted by Crippen LogP contribution is 2.20. The summed E-state index contributed by atoms with van der Waals surface area (Å²) in [7, 11) is 1.76. The number of carbonyl (C=O) groups is 1. The molecule has 2 aromatic heterocycles. The van der Waals surface area contributed by atoms with Gasteiger partial charge in [-0.1, -0.05) is 0 Å². The van der Waals surface area contributed by atoms with Crippen LogP contribution in [0.3, 0.4) is 0 Å². The van der Waals surface area contributed by atoms with Crippen molar-refractivity contribution < 1.29 is 14.3 Å². The van der Waals surface area contributed by atoms with E-state index in [9.17, 15) is 9.90 Å². The third kappa shape index (κ3) is 4.00. The van der Waals surface area contributed by atoms with E-state index in [4.69, 9.17) is 4.42 Å². The van der Waals surface area contributed by atoms with Crippen LogP contribution >= 0.6 is 0 Å². The molecule has 0 radical (unpaired) electrons. The molecule has 1 atom stereocenters. The molecule has 3 rings (SSSR count). The molecular formula is C18H24N4O3. The van der Waals surface area contributed by atoms with Gasteiger partial charge in [0.2, 0.25) is 0 Å². The molecule has 134 valence electrons. The van der Waals surface area contributed by atoms with E-state index < -0.39 is 0 Å². The van der Waals surface area contributed by atoms with E-state index >= 15 is 0 Å². The minimum Gasteiger partial charge on any atom is -0.472 e. The van der Waals surface area contributed by atoms with Gasteiger partial charge in [0.05, 0.1) is 18.1 Å². The van der Waals surface area contributed by atoms with Crippen LogP contribution in [0, 0.1) is 0 Å². The van der Waals surface area contributed by atoms with Crippen LogP contribution in [-0.4, -0.2) is 65.1 Å². The van der Waals surface area contributed by atoms with Crippen LogP contribution in [0.25, 0.3) is 0 Å². The van der Waals surface area contributed by atoms with Crippen molar-refractivity contribution in [3.63, 3.8) is 0 Å². The zero-order chi connectivity index (χ0) is 17.6. The molecule has 3 heterocycles. The number of aromatic nitrogens is 1. The van der Waals surface area contributed by atoms with Crippen molar-refractivity contribution >= 4 is 11.7 Å². The lowest BCUT2D eigenvalue weighted by Gasteiger charge is -2.41.